The number of methoxy groups -OCH3 is 1. The van der Waals surface area contributed by atoms with Gasteiger partial charge in [-0.05, 0) is 35.8 Å². The third-order valence-electron chi connectivity index (χ3n) is 5.18. The molecule has 0 spiro atoms. The molecular formula is C25H22N2O5S. The van der Waals surface area contributed by atoms with Crippen LogP contribution in [0.25, 0.3) is 6.08 Å². The highest BCUT2D eigenvalue weighted by Crippen LogP contribution is 2.31. The van der Waals surface area contributed by atoms with Crippen molar-refractivity contribution in [2.45, 2.75) is 26.3 Å². The van der Waals surface area contributed by atoms with Gasteiger partial charge in [0, 0.05) is 6.92 Å². The van der Waals surface area contributed by atoms with Gasteiger partial charge in [-0.1, -0.05) is 60.7 Å². The van der Waals surface area contributed by atoms with Gasteiger partial charge in [0.1, 0.15) is 5.75 Å². The summed E-state index contributed by atoms with van der Waals surface area (Å²) in [6, 6.07) is 15.7. The lowest BCUT2D eigenvalue weighted by Gasteiger charge is -2.25. The Labute approximate surface area is 193 Å². The fraction of sp³-hybridized carbons (Fsp3) is 0.200. The monoisotopic (exact) mass is 462 g/mol. The van der Waals surface area contributed by atoms with Crippen molar-refractivity contribution in [3.8, 4) is 5.75 Å². The van der Waals surface area contributed by atoms with E-state index in [-0.39, 0.29) is 5.56 Å². The predicted molar refractivity (Wildman–Crippen MR) is 125 cm³/mol. The van der Waals surface area contributed by atoms with E-state index in [0.717, 1.165) is 5.56 Å². The van der Waals surface area contributed by atoms with E-state index in [1.807, 2.05) is 43.3 Å². The summed E-state index contributed by atoms with van der Waals surface area (Å²) < 4.78 is 12.2. The van der Waals surface area contributed by atoms with Gasteiger partial charge in [-0.2, -0.15) is 0 Å². The molecule has 1 aliphatic heterocycles. The maximum atomic E-state index is 13.5. The van der Waals surface area contributed by atoms with Gasteiger partial charge in [0.15, 0.2) is 4.80 Å². The molecule has 4 rings (SSSR count). The largest absolute Gasteiger partial charge is 0.466 e. The Balaban J connectivity index is 1.93. The first-order valence-electron chi connectivity index (χ1n) is 10.4. The molecule has 2 heterocycles. The third kappa shape index (κ3) is 4.42. The molecule has 8 heteroatoms. The second-order valence-electron chi connectivity index (χ2n) is 7.37. The van der Waals surface area contributed by atoms with Crippen LogP contribution in [-0.2, 0) is 14.3 Å². The number of hydrogen-bond donors (Lipinski definition) is 0. The van der Waals surface area contributed by atoms with Crippen LogP contribution >= 0.6 is 11.3 Å². The van der Waals surface area contributed by atoms with E-state index in [4.69, 9.17) is 9.47 Å². The van der Waals surface area contributed by atoms with Gasteiger partial charge < -0.3 is 9.47 Å². The molecule has 2 aromatic carbocycles. The second-order valence-corrected chi connectivity index (χ2v) is 8.37. The van der Waals surface area contributed by atoms with Crippen LogP contribution in [0.2, 0.25) is 0 Å². The number of hydrogen-bond acceptors (Lipinski definition) is 7. The van der Waals surface area contributed by atoms with E-state index >= 15 is 0 Å². The number of carbonyl (C=O) groups is 2. The first-order valence-corrected chi connectivity index (χ1v) is 11.2. The highest BCUT2D eigenvalue weighted by Gasteiger charge is 2.33. The molecule has 3 aromatic rings. The van der Waals surface area contributed by atoms with Crippen LogP contribution in [0.3, 0.4) is 0 Å². The number of nitrogens with zero attached hydrogens (tertiary/aromatic N) is 2. The van der Waals surface area contributed by atoms with Crippen molar-refractivity contribution in [2.24, 2.45) is 4.99 Å². The zero-order valence-electron chi connectivity index (χ0n) is 18.4. The van der Waals surface area contributed by atoms with Gasteiger partial charge in [-0.3, -0.25) is 14.2 Å². The molecule has 0 amide bonds. The Morgan fingerprint density at radius 2 is 1.91 bits per heavy atom. The maximum absolute atomic E-state index is 13.5. The van der Waals surface area contributed by atoms with Gasteiger partial charge >= 0.3 is 11.9 Å². The lowest BCUT2D eigenvalue weighted by molar-refractivity contribution is -0.136. The quantitative estimate of drug-likeness (QED) is 0.430. The average molecular weight is 463 g/mol. The molecule has 0 unspecified atom stereocenters. The van der Waals surface area contributed by atoms with Crippen LogP contribution in [0.1, 0.15) is 37.4 Å². The molecule has 0 saturated heterocycles. The van der Waals surface area contributed by atoms with E-state index in [1.165, 1.54) is 25.4 Å². The van der Waals surface area contributed by atoms with Gasteiger partial charge in [0.2, 0.25) is 0 Å². The van der Waals surface area contributed by atoms with Gasteiger partial charge in [-0.25, -0.2) is 9.79 Å². The van der Waals surface area contributed by atoms with Crippen molar-refractivity contribution < 1.29 is 19.1 Å². The van der Waals surface area contributed by atoms with Gasteiger partial charge in [0.05, 0.1) is 29.0 Å². The number of rotatable bonds is 5. The molecule has 1 aromatic heterocycles. The van der Waals surface area contributed by atoms with Crippen LogP contribution < -0.4 is 19.6 Å². The van der Waals surface area contributed by atoms with Crippen molar-refractivity contribution in [3.05, 3.63) is 96.7 Å². The Hall–Kier alpha value is -3.78. The molecule has 168 valence electrons. The van der Waals surface area contributed by atoms with Crippen molar-refractivity contribution in [1.29, 1.82) is 0 Å². The molecule has 0 saturated carbocycles. The van der Waals surface area contributed by atoms with Crippen LogP contribution in [0, 0.1) is 0 Å². The summed E-state index contributed by atoms with van der Waals surface area (Å²) in [7, 11) is 1.33. The second kappa shape index (κ2) is 9.38. The minimum Gasteiger partial charge on any atom is -0.466 e. The number of benzene rings is 2. The Kier molecular flexibility index (Phi) is 6.37. The molecule has 0 radical (unpaired) electrons. The lowest BCUT2D eigenvalue weighted by atomic mass is 9.95. The van der Waals surface area contributed by atoms with Crippen LogP contribution in [-0.4, -0.2) is 23.6 Å². The summed E-state index contributed by atoms with van der Waals surface area (Å²) in [5.41, 5.74) is 2.20. The molecule has 0 N–H and O–H groups in total. The molecule has 1 atom stereocenters. The number of esters is 2. The smallest absolute Gasteiger partial charge is 0.338 e. The number of carbonyl (C=O) groups excluding carboxylic acids is 2. The van der Waals surface area contributed by atoms with Crippen LogP contribution in [0.4, 0.5) is 0 Å². The zero-order chi connectivity index (χ0) is 23.5. The summed E-state index contributed by atoms with van der Waals surface area (Å²) in [5.74, 6) is -0.530. The Morgan fingerprint density at radius 3 is 2.58 bits per heavy atom. The standard InChI is InChI=1S/C25H22N2O5S/c1-4-19-21(24(30)31-3)22(17-10-6-5-7-11-17)27-23(29)20(33-25(27)26-19)14-16-9-8-12-18(13-16)32-15(2)28/h5-14,22H,4H2,1-3H3/b20-14+/t22-/m0/s1. The zero-order valence-corrected chi connectivity index (χ0v) is 19.2. The Morgan fingerprint density at radius 1 is 1.15 bits per heavy atom. The summed E-state index contributed by atoms with van der Waals surface area (Å²) in [6.45, 7) is 3.25. The van der Waals surface area contributed by atoms with Crippen molar-refractivity contribution in [3.63, 3.8) is 0 Å². The normalized spacial score (nSPS) is 15.6. The topological polar surface area (TPSA) is 87.0 Å². The molecule has 33 heavy (non-hydrogen) atoms. The highest BCUT2D eigenvalue weighted by atomic mass is 32.1. The molecule has 1 aliphatic rings. The van der Waals surface area contributed by atoms with Crippen LogP contribution in [0.5, 0.6) is 5.75 Å². The summed E-state index contributed by atoms with van der Waals surface area (Å²) in [6.07, 6.45) is 2.25. The lowest BCUT2D eigenvalue weighted by Crippen LogP contribution is -2.40. The van der Waals surface area contributed by atoms with E-state index in [9.17, 15) is 14.4 Å². The van der Waals surface area contributed by atoms with Gasteiger partial charge in [-0.15, -0.1) is 0 Å². The number of ether oxygens (including phenoxy) is 2. The van der Waals surface area contributed by atoms with Gasteiger partial charge in [0.25, 0.3) is 5.56 Å². The summed E-state index contributed by atoms with van der Waals surface area (Å²) in [4.78, 5) is 42.7. The van der Waals surface area contributed by atoms with Crippen molar-refractivity contribution >= 4 is 29.4 Å². The van der Waals surface area contributed by atoms with Crippen molar-refractivity contribution in [2.75, 3.05) is 7.11 Å². The highest BCUT2D eigenvalue weighted by molar-refractivity contribution is 7.07. The molecule has 0 bridgehead atoms. The first-order chi connectivity index (χ1) is 15.9. The Bertz CT molecular complexity index is 1430. The SMILES string of the molecule is CCC1=C(C(=O)OC)[C@H](c2ccccc2)n2c(s/c(=C/c3cccc(OC(C)=O)c3)c2=O)=N1. The maximum Gasteiger partial charge on any atom is 0.338 e. The molecule has 7 nitrogen and oxygen atoms in total. The molecule has 0 aliphatic carbocycles. The van der Waals surface area contributed by atoms with Crippen LogP contribution in [0.15, 0.2) is 75.7 Å². The van der Waals surface area contributed by atoms with E-state index in [2.05, 4.69) is 4.99 Å². The van der Waals surface area contributed by atoms with Crippen molar-refractivity contribution in [1.82, 2.24) is 4.57 Å². The van der Waals surface area contributed by atoms with E-state index < -0.39 is 18.0 Å². The average Bonchev–Trinajstić information content (AvgIpc) is 3.12. The fourth-order valence-electron chi connectivity index (χ4n) is 3.80. The summed E-state index contributed by atoms with van der Waals surface area (Å²) >= 11 is 1.25. The predicted octanol–water partition coefficient (Wildman–Crippen LogP) is 2.72. The summed E-state index contributed by atoms with van der Waals surface area (Å²) in [5, 5.41) is 0. The number of thiazole rings is 1. The molecular weight excluding hydrogens is 440 g/mol. The minimum atomic E-state index is -0.639. The third-order valence-corrected chi connectivity index (χ3v) is 6.17. The first kappa shape index (κ1) is 22.4. The number of aromatic nitrogens is 1. The van der Waals surface area contributed by atoms with E-state index in [0.29, 0.717) is 38.3 Å². The number of allylic oxidation sites excluding steroid dienone is 1. The fourth-order valence-corrected chi connectivity index (χ4v) is 4.82. The minimum absolute atomic E-state index is 0.262. The van der Waals surface area contributed by atoms with E-state index in [1.54, 1.807) is 28.8 Å². The number of fused-ring (bicyclic) bond motifs is 1. The molecule has 0 fully saturated rings.